The first-order valence-electron chi connectivity index (χ1n) is 4.76. The number of rotatable bonds is 1. The number of amides is 1. The van der Waals surface area contributed by atoms with Gasteiger partial charge in [-0.05, 0) is 18.2 Å². The van der Waals surface area contributed by atoms with E-state index in [4.69, 9.17) is 11.5 Å². The number of nitrogens with one attached hydrogen (secondary N) is 1. The lowest BCUT2D eigenvalue weighted by molar-refractivity contribution is -0.123. The summed E-state index contributed by atoms with van der Waals surface area (Å²) in [5, 5.41) is 2.76. The van der Waals surface area contributed by atoms with E-state index in [0.717, 1.165) is 0 Å². The highest BCUT2D eigenvalue weighted by Gasteiger charge is 2.21. The number of hydrogen-bond acceptors (Lipinski definition) is 3. The Morgan fingerprint density at radius 2 is 1.60 bits per heavy atom. The van der Waals surface area contributed by atoms with Crippen molar-refractivity contribution in [3.05, 3.63) is 18.2 Å². The molecule has 1 aromatic rings. The Labute approximate surface area is 89.6 Å². The quantitative estimate of drug-likeness (QED) is 0.614. The van der Waals surface area contributed by atoms with Gasteiger partial charge in [-0.2, -0.15) is 0 Å². The number of nitrogens with two attached hydrogens (primary N) is 2. The number of hydrogen-bond donors (Lipinski definition) is 3. The van der Waals surface area contributed by atoms with Crippen LogP contribution in [0.3, 0.4) is 0 Å². The van der Waals surface area contributed by atoms with E-state index in [0.29, 0.717) is 17.1 Å². The number of nitrogen functional groups attached to an aromatic ring is 2. The van der Waals surface area contributed by atoms with Crippen LogP contribution < -0.4 is 16.8 Å². The zero-order chi connectivity index (χ0) is 11.6. The molecule has 1 amide bonds. The molecule has 82 valence electrons. The van der Waals surface area contributed by atoms with Crippen LogP contribution in [0.2, 0.25) is 0 Å². The van der Waals surface area contributed by atoms with Gasteiger partial charge in [0.15, 0.2) is 0 Å². The Balaban J connectivity index is 2.86. The summed E-state index contributed by atoms with van der Waals surface area (Å²) in [4.78, 5) is 11.7. The van der Waals surface area contributed by atoms with E-state index >= 15 is 0 Å². The summed E-state index contributed by atoms with van der Waals surface area (Å²) in [6.07, 6.45) is 0. The second kappa shape index (κ2) is 3.81. The Bertz CT molecular complexity index is 360. The van der Waals surface area contributed by atoms with Crippen molar-refractivity contribution < 1.29 is 4.79 Å². The third-order valence-electron chi connectivity index (χ3n) is 1.92. The molecule has 0 aliphatic carbocycles. The van der Waals surface area contributed by atoms with Gasteiger partial charge in [-0.15, -0.1) is 0 Å². The average Bonchev–Trinajstić information content (AvgIpc) is 1.99. The predicted molar refractivity (Wildman–Crippen MR) is 63.4 cm³/mol. The summed E-state index contributed by atoms with van der Waals surface area (Å²) in [7, 11) is 0. The maximum absolute atomic E-state index is 11.7. The molecule has 0 saturated carbocycles. The van der Waals surface area contributed by atoms with Crippen molar-refractivity contribution in [2.75, 3.05) is 16.8 Å². The van der Waals surface area contributed by atoms with Crippen molar-refractivity contribution in [3.63, 3.8) is 0 Å². The third-order valence-corrected chi connectivity index (χ3v) is 1.92. The molecule has 0 spiro atoms. The highest BCUT2D eigenvalue weighted by Crippen LogP contribution is 2.21. The number of anilines is 3. The molecule has 0 saturated heterocycles. The van der Waals surface area contributed by atoms with Crippen molar-refractivity contribution in [2.24, 2.45) is 5.41 Å². The van der Waals surface area contributed by atoms with Gasteiger partial charge in [0.25, 0.3) is 0 Å². The smallest absolute Gasteiger partial charge is 0.229 e. The van der Waals surface area contributed by atoms with Crippen LogP contribution in [0.4, 0.5) is 17.1 Å². The molecule has 1 rings (SSSR count). The third kappa shape index (κ3) is 3.16. The summed E-state index contributed by atoms with van der Waals surface area (Å²) < 4.78 is 0. The lowest BCUT2D eigenvalue weighted by Crippen LogP contribution is -2.27. The summed E-state index contributed by atoms with van der Waals surface area (Å²) in [5.41, 5.74) is 12.5. The van der Waals surface area contributed by atoms with Crippen molar-refractivity contribution >= 4 is 23.0 Å². The van der Waals surface area contributed by atoms with Crippen molar-refractivity contribution in [2.45, 2.75) is 20.8 Å². The SMILES string of the molecule is CC(C)(C)C(=O)Nc1cc(N)cc(N)c1. The first-order chi connectivity index (χ1) is 6.79. The van der Waals surface area contributed by atoms with Gasteiger partial charge in [0.05, 0.1) is 0 Å². The highest BCUT2D eigenvalue weighted by molar-refractivity contribution is 5.95. The molecule has 0 bridgehead atoms. The predicted octanol–water partition coefficient (Wildman–Crippen LogP) is 1.84. The maximum atomic E-state index is 11.7. The average molecular weight is 207 g/mol. The fourth-order valence-corrected chi connectivity index (χ4v) is 1.07. The molecular formula is C11H17N3O. The second-order valence-electron chi connectivity index (χ2n) is 4.59. The first kappa shape index (κ1) is 11.4. The summed E-state index contributed by atoms with van der Waals surface area (Å²) in [6, 6.07) is 5.01. The van der Waals surface area contributed by atoms with Crippen molar-refractivity contribution in [3.8, 4) is 0 Å². The Morgan fingerprint density at radius 3 is 2.00 bits per heavy atom. The van der Waals surface area contributed by atoms with Crippen LogP contribution in [-0.2, 0) is 4.79 Å². The van der Waals surface area contributed by atoms with Gasteiger partial charge in [0.2, 0.25) is 5.91 Å². The van der Waals surface area contributed by atoms with E-state index in [1.807, 2.05) is 20.8 Å². The zero-order valence-corrected chi connectivity index (χ0v) is 9.29. The Hall–Kier alpha value is -1.71. The molecule has 15 heavy (non-hydrogen) atoms. The molecule has 1 aromatic carbocycles. The number of carbonyl (C=O) groups is 1. The summed E-state index contributed by atoms with van der Waals surface area (Å²) in [5.74, 6) is -0.0625. The van der Waals surface area contributed by atoms with Gasteiger partial charge in [-0.25, -0.2) is 0 Å². The molecule has 0 aliphatic rings. The summed E-state index contributed by atoms with van der Waals surface area (Å²) >= 11 is 0. The van der Waals surface area contributed by atoms with Crippen LogP contribution in [0.15, 0.2) is 18.2 Å². The fourth-order valence-electron chi connectivity index (χ4n) is 1.07. The Morgan fingerprint density at radius 1 is 1.13 bits per heavy atom. The fraction of sp³-hybridized carbons (Fsp3) is 0.364. The second-order valence-corrected chi connectivity index (χ2v) is 4.59. The molecule has 0 radical (unpaired) electrons. The standard InChI is InChI=1S/C11H17N3O/c1-11(2,3)10(15)14-9-5-7(12)4-8(13)6-9/h4-6H,12-13H2,1-3H3,(H,14,15). The van der Waals surface area contributed by atoms with Crippen LogP contribution >= 0.6 is 0 Å². The zero-order valence-electron chi connectivity index (χ0n) is 9.29. The van der Waals surface area contributed by atoms with Crippen LogP contribution in [0, 0.1) is 5.41 Å². The van der Waals surface area contributed by atoms with E-state index in [9.17, 15) is 4.79 Å². The Kier molecular flexibility index (Phi) is 2.88. The first-order valence-corrected chi connectivity index (χ1v) is 4.76. The van der Waals surface area contributed by atoms with E-state index in [-0.39, 0.29) is 5.91 Å². The van der Waals surface area contributed by atoms with E-state index < -0.39 is 5.41 Å². The van der Waals surface area contributed by atoms with Crippen LogP contribution in [0.25, 0.3) is 0 Å². The maximum Gasteiger partial charge on any atom is 0.229 e. The largest absolute Gasteiger partial charge is 0.399 e. The van der Waals surface area contributed by atoms with Gasteiger partial charge in [0.1, 0.15) is 0 Å². The minimum absolute atomic E-state index is 0.0625. The molecule has 0 unspecified atom stereocenters. The molecule has 0 fully saturated rings. The lowest BCUT2D eigenvalue weighted by atomic mass is 9.95. The minimum atomic E-state index is -0.431. The van der Waals surface area contributed by atoms with Gasteiger partial charge in [0, 0.05) is 22.5 Å². The van der Waals surface area contributed by atoms with Gasteiger partial charge < -0.3 is 16.8 Å². The number of carbonyl (C=O) groups excluding carboxylic acids is 1. The molecular weight excluding hydrogens is 190 g/mol. The van der Waals surface area contributed by atoms with E-state index in [2.05, 4.69) is 5.32 Å². The van der Waals surface area contributed by atoms with Crippen LogP contribution in [0.1, 0.15) is 20.8 Å². The molecule has 0 aliphatic heterocycles. The normalized spacial score (nSPS) is 11.1. The molecule has 0 aromatic heterocycles. The minimum Gasteiger partial charge on any atom is -0.399 e. The van der Waals surface area contributed by atoms with Crippen LogP contribution in [-0.4, -0.2) is 5.91 Å². The molecule has 0 heterocycles. The topological polar surface area (TPSA) is 81.1 Å². The van der Waals surface area contributed by atoms with E-state index in [1.165, 1.54) is 0 Å². The highest BCUT2D eigenvalue weighted by atomic mass is 16.2. The van der Waals surface area contributed by atoms with Crippen molar-refractivity contribution in [1.29, 1.82) is 0 Å². The van der Waals surface area contributed by atoms with Gasteiger partial charge in [-0.3, -0.25) is 4.79 Å². The monoisotopic (exact) mass is 207 g/mol. The molecule has 5 N–H and O–H groups in total. The van der Waals surface area contributed by atoms with Gasteiger partial charge >= 0.3 is 0 Å². The molecule has 4 heteroatoms. The lowest BCUT2D eigenvalue weighted by Gasteiger charge is -2.18. The van der Waals surface area contributed by atoms with Gasteiger partial charge in [-0.1, -0.05) is 20.8 Å². The van der Waals surface area contributed by atoms with Crippen molar-refractivity contribution in [1.82, 2.24) is 0 Å². The van der Waals surface area contributed by atoms with Crippen LogP contribution in [0.5, 0.6) is 0 Å². The number of benzene rings is 1. The molecule has 0 atom stereocenters. The molecule has 4 nitrogen and oxygen atoms in total. The summed E-state index contributed by atoms with van der Waals surface area (Å²) in [6.45, 7) is 5.54. The van der Waals surface area contributed by atoms with E-state index in [1.54, 1.807) is 18.2 Å².